The molecule has 2 bridgehead atoms. The third-order valence-corrected chi connectivity index (χ3v) is 6.23. The van der Waals surface area contributed by atoms with E-state index in [0.717, 1.165) is 18.0 Å². The van der Waals surface area contributed by atoms with Gasteiger partial charge < -0.3 is 10.2 Å². The molecule has 2 nitrogen and oxygen atoms in total. The monoisotopic (exact) mass is 254 g/mol. The first-order valence-corrected chi connectivity index (χ1v) is 8.23. The van der Waals surface area contributed by atoms with E-state index in [4.69, 9.17) is 0 Å². The van der Waals surface area contributed by atoms with Gasteiger partial charge in [0.25, 0.3) is 0 Å². The van der Waals surface area contributed by atoms with Gasteiger partial charge in [0.05, 0.1) is 0 Å². The summed E-state index contributed by atoms with van der Waals surface area (Å²) in [5.41, 5.74) is 0. The van der Waals surface area contributed by atoms with Crippen molar-refractivity contribution in [2.75, 3.05) is 25.4 Å². The Bertz CT molecular complexity index is 279. The lowest BCUT2D eigenvalue weighted by molar-refractivity contribution is 0.218. The van der Waals surface area contributed by atoms with E-state index in [0.29, 0.717) is 4.75 Å². The summed E-state index contributed by atoms with van der Waals surface area (Å²) >= 11 is 2.16. The van der Waals surface area contributed by atoms with Gasteiger partial charge in [-0.2, -0.15) is 11.8 Å². The zero-order chi connectivity index (χ0) is 11.9. The van der Waals surface area contributed by atoms with E-state index in [1.165, 1.54) is 51.1 Å². The van der Waals surface area contributed by atoms with Gasteiger partial charge in [0.2, 0.25) is 0 Å². The molecule has 3 rings (SSSR count). The maximum atomic E-state index is 3.77. The molecule has 0 aromatic carbocycles. The molecule has 3 atom stereocenters. The first-order chi connectivity index (χ1) is 8.12. The Morgan fingerprint density at radius 1 is 1.29 bits per heavy atom. The van der Waals surface area contributed by atoms with Crippen LogP contribution in [0.4, 0.5) is 0 Å². The second-order valence-corrected chi connectivity index (χ2v) is 8.50. The Morgan fingerprint density at radius 2 is 2.18 bits per heavy atom. The van der Waals surface area contributed by atoms with Crippen LogP contribution in [0, 0.1) is 5.92 Å². The Morgan fingerprint density at radius 3 is 2.88 bits per heavy atom. The number of fused-ring (bicyclic) bond motifs is 2. The van der Waals surface area contributed by atoms with Gasteiger partial charge in [-0.15, -0.1) is 0 Å². The van der Waals surface area contributed by atoms with Crippen LogP contribution in [0.25, 0.3) is 0 Å². The smallest absolute Gasteiger partial charge is 0.0116 e. The van der Waals surface area contributed by atoms with E-state index in [2.05, 4.69) is 35.8 Å². The lowest BCUT2D eigenvalue weighted by Gasteiger charge is -2.28. The van der Waals surface area contributed by atoms with Crippen LogP contribution in [0.15, 0.2) is 0 Å². The Labute approximate surface area is 110 Å². The van der Waals surface area contributed by atoms with E-state index >= 15 is 0 Å². The van der Waals surface area contributed by atoms with Crippen molar-refractivity contribution in [3.63, 3.8) is 0 Å². The van der Waals surface area contributed by atoms with E-state index < -0.39 is 0 Å². The van der Waals surface area contributed by atoms with Crippen LogP contribution >= 0.6 is 11.8 Å². The molecule has 3 heteroatoms. The summed E-state index contributed by atoms with van der Waals surface area (Å²) in [6, 6.07) is 1.71. The Hall–Kier alpha value is 0.270. The highest BCUT2D eigenvalue weighted by molar-refractivity contribution is 8.00. The molecule has 17 heavy (non-hydrogen) atoms. The summed E-state index contributed by atoms with van der Waals surface area (Å²) in [5.74, 6) is 2.27. The highest BCUT2D eigenvalue weighted by Gasteiger charge is 2.39. The van der Waals surface area contributed by atoms with Crippen molar-refractivity contribution >= 4 is 11.8 Å². The standard InChI is InChI=1S/C14H26N2S/c1-14(2)5-6-16(7-8-17-14)10-11-9-12-3-4-13(11)15-12/h11-13,15H,3-10H2,1-2H3. The lowest BCUT2D eigenvalue weighted by atomic mass is 9.88. The topological polar surface area (TPSA) is 15.3 Å². The minimum atomic E-state index is 0.502. The third-order valence-electron chi connectivity index (χ3n) is 4.86. The van der Waals surface area contributed by atoms with Crippen molar-refractivity contribution in [1.29, 1.82) is 0 Å². The number of hydrogen-bond donors (Lipinski definition) is 1. The summed E-state index contributed by atoms with van der Waals surface area (Å²) in [4.78, 5) is 2.73. The number of nitrogens with one attached hydrogen (secondary N) is 1. The number of rotatable bonds is 2. The Balaban J connectivity index is 1.52. The molecule has 0 radical (unpaired) electrons. The summed E-state index contributed by atoms with van der Waals surface area (Å²) < 4.78 is 0.502. The first-order valence-electron chi connectivity index (χ1n) is 7.25. The fourth-order valence-corrected chi connectivity index (χ4v) is 4.85. The van der Waals surface area contributed by atoms with Gasteiger partial charge in [0, 0.05) is 35.7 Å². The van der Waals surface area contributed by atoms with Crippen molar-refractivity contribution in [3.8, 4) is 0 Å². The fourth-order valence-electron chi connectivity index (χ4n) is 3.72. The summed E-state index contributed by atoms with van der Waals surface area (Å²) in [6.45, 7) is 8.78. The number of thioether (sulfide) groups is 1. The van der Waals surface area contributed by atoms with Crippen molar-refractivity contribution in [1.82, 2.24) is 10.2 Å². The molecule has 3 fully saturated rings. The van der Waals surface area contributed by atoms with Crippen molar-refractivity contribution in [3.05, 3.63) is 0 Å². The molecule has 1 N–H and O–H groups in total. The molecule has 3 aliphatic rings. The highest BCUT2D eigenvalue weighted by atomic mass is 32.2. The van der Waals surface area contributed by atoms with Gasteiger partial charge in [0.15, 0.2) is 0 Å². The second-order valence-electron chi connectivity index (χ2n) is 6.70. The number of nitrogens with zero attached hydrogens (tertiary/aromatic N) is 1. The van der Waals surface area contributed by atoms with Crippen LogP contribution in [0.3, 0.4) is 0 Å². The van der Waals surface area contributed by atoms with Crippen LogP contribution in [0.5, 0.6) is 0 Å². The molecular weight excluding hydrogens is 228 g/mol. The zero-order valence-electron chi connectivity index (χ0n) is 11.2. The van der Waals surface area contributed by atoms with Crippen LogP contribution in [-0.4, -0.2) is 47.1 Å². The molecule has 0 saturated carbocycles. The average molecular weight is 254 g/mol. The van der Waals surface area contributed by atoms with Gasteiger partial charge in [-0.3, -0.25) is 0 Å². The Kier molecular flexibility index (Phi) is 3.44. The largest absolute Gasteiger partial charge is 0.311 e. The molecular formula is C14H26N2S. The molecule has 3 unspecified atom stereocenters. The van der Waals surface area contributed by atoms with Crippen LogP contribution in [0.2, 0.25) is 0 Å². The lowest BCUT2D eigenvalue weighted by Crippen LogP contribution is -2.36. The van der Waals surface area contributed by atoms with Gasteiger partial charge >= 0.3 is 0 Å². The molecule has 98 valence electrons. The SMILES string of the molecule is CC1(C)CCN(CC2CC3CCC2N3)CCS1. The minimum absolute atomic E-state index is 0.502. The molecule has 0 aromatic rings. The molecule has 3 heterocycles. The van der Waals surface area contributed by atoms with E-state index in [9.17, 15) is 0 Å². The van der Waals surface area contributed by atoms with Gasteiger partial charge in [0.1, 0.15) is 0 Å². The predicted molar refractivity (Wildman–Crippen MR) is 75.6 cm³/mol. The summed E-state index contributed by atoms with van der Waals surface area (Å²) in [7, 11) is 0. The summed E-state index contributed by atoms with van der Waals surface area (Å²) in [5, 5.41) is 3.77. The van der Waals surface area contributed by atoms with Crippen molar-refractivity contribution in [2.24, 2.45) is 5.92 Å². The molecule has 0 aromatic heterocycles. The first kappa shape index (κ1) is 12.3. The van der Waals surface area contributed by atoms with Gasteiger partial charge in [-0.25, -0.2) is 0 Å². The molecule has 0 spiro atoms. The van der Waals surface area contributed by atoms with Crippen LogP contribution in [-0.2, 0) is 0 Å². The van der Waals surface area contributed by atoms with Crippen LogP contribution < -0.4 is 5.32 Å². The second kappa shape index (κ2) is 4.75. The van der Waals surface area contributed by atoms with E-state index in [1.54, 1.807) is 0 Å². The highest BCUT2D eigenvalue weighted by Crippen LogP contribution is 2.35. The molecule has 0 amide bonds. The van der Waals surface area contributed by atoms with Crippen molar-refractivity contribution in [2.45, 2.75) is 56.4 Å². The molecule has 3 saturated heterocycles. The third kappa shape index (κ3) is 2.82. The zero-order valence-corrected chi connectivity index (χ0v) is 12.1. The minimum Gasteiger partial charge on any atom is -0.311 e. The van der Waals surface area contributed by atoms with Gasteiger partial charge in [-0.1, -0.05) is 13.8 Å². The number of hydrogen-bond acceptors (Lipinski definition) is 3. The van der Waals surface area contributed by atoms with E-state index in [-0.39, 0.29) is 0 Å². The molecule has 3 aliphatic heterocycles. The van der Waals surface area contributed by atoms with E-state index in [1.807, 2.05) is 0 Å². The van der Waals surface area contributed by atoms with Gasteiger partial charge in [-0.05, 0) is 38.1 Å². The molecule has 0 aliphatic carbocycles. The van der Waals surface area contributed by atoms with Crippen LogP contribution in [0.1, 0.15) is 39.5 Å². The maximum Gasteiger partial charge on any atom is 0.0116 e. The normalized spacial score (nSPS) is 41.6. The summed E-state index contributed by atoms with van der Waals surface area (Å²) in [6.07, 6.45) is 5.66. The average Bonchev–Trinajstić information content (AvgIpc) is 2.83. The fraction of sp³-hybridized carbons (Fsp3) is 1.00. The maximum absolute atomic E-state index is 3.77. The quantitative estimate of drug-likeness (QED) is 0.814. The van der Waals surface area contributed by atoms with Crippen molar-refractivity contribution < 1.29 is 0 Å². The predicted octanol–water partition coefficient (Wildman–Crippen LogP) is 2.34.